The largest absolute Gasteiger partial charge is 0.494 e. The van der Waals surface area contributed by atoms with E-state index in [1.165, 1.54) is 19.1 Å². The lowest BCUT2D eigenvalue weighted by Gasteiger charge is -2.29. The van der Waals surface area contributed by atoms with Crippen molar-refractivity contribution in [3.05, 3.63) is 58.1 Å². The Bertz CT molecular complexity index is 983. The number of carbonyl (C=O) groups excluding carboxylic acids is 1. The zero-order valence-electron chi connectivity index (χ0n) is 17.2. The predicted molar refractivity (Wildman–Crippen MR) is 122 cm³/mol. The van der Waals surface area contributed by atoms with Crippen molar-refractivity contribution in [2.24, 2.45) is 0 Å². The number of hydrogen-bond acceptors (Lipinski definition) is 4. The van der Waals surface area contributed by atoms with E-state index >= 15 is 0 Å². The van der Waals surface area contributed by atoms with Crippen LogP contribution in [0.25, 0.3) is 0 Å². The van der Waals surface area contributed by atoms with Crippen LogP contribution in [0.15, 0.2) is 42.5 Å². The van der Waals surface area contributed by atoms with Crippen molar-refractivity contribution in [2.75, 3.05) is 23.7 Å². The van der Waals surface area contributed by atoms with E-state index in [0.717, 1.165) is 28.3 Å². The standard InChI is InChI=1S/C21H26Cl2N2O4S/c1-4-29-20-10-6-5-8-16(20)9-7-13-24-21(26)15(2)25(30(3,27)28)19-14-17(22)11-12-18(19)23/h5-6,8,10-12,14-15H,4,7,9,13H2,1-3H3,(H,24,26)/t15-/m0/s1. The zero-order valence-corrected chi connectivity index (χ0v) is 19.5. The quantitative estimate of drug-likeness (QED) is 0.523. The SMILES string of the molecule is CCOc1ccccc1CCCNC(=O)[C@H](C)N(c1cc(Cl)ccc1Cl)S(C)(=O)=O. The highest BCUT2D eigenvalue weighted by Crippen LogP contribution is 2.32. The number of aryl methyl sites for hydroxylation is 1. The maximum Gasteiger partial charge on any atom is 0.243 e. The Balaban J connectivity index is 2.04. The van der Waals surface area contributed by atoms with Crippen LogP contribution in [0.4, 0.5) is 5.69 Å². The average Bonchev–Trinajstić information content (AvgIpc) is 2.68. The summed E-state index contributed by atoms with van der Waals surface area (Å²) in [4.78, 5) is 12.7. The van der Waals surface area contributed by atoms with Crippen molar-refractivity contribution < 1.29 is 17.9 Å². The summed E-state index contributed by atoms with van der Waals surface area (Å²) in [6.45, 7) is 4.42. The molecule has 0 spiro atoms. The molecular formula is C21H26Cl2N2O4S. The number of carbonyl (C=O) groups is 1. The number of benzene rings is 2. The van der Waals surface area contributed by atoms with Crippen molar-refractivity contribution >= 4 is 44.8 Å². The van der Waals surface area contributed by atoms with Crippen LogP contribution >= 0.6 is 23.2 Å². The first-order valence-corrected chi connectivity index (χ1v) is 12.2. The summed E-state index contributed by atoms with van der Waals surface area (Å²) in [5.74, 6) is 0.410. The van der Waals surface area contributed by atoms with Gasteiger partial charge in [-0.2, -0.15) is 0 Å². The van der Waals surface area contributed by atoms with Crippen molar-refractivity contribution in [3.63, 3.8) is 0 Å². The lowest BCUT2D eigenvalue weighted by atomic mass is 10.1. The molecule has 0 heterocycles. The minimum Gasteiger partial charge on any atom is -0.494 e. The van der Waals surface area contributed by atoms with Gasteiger partial charge in [-0.05, 0) is 56.5 Å². The van der Waals surface area contributed by atoms with Crippen LogP contribution in [0.5, 0.6) is 5.75 Å². The first-order valence-electron chi connectivity index (χ1n) is 9.58. The summed E-state index contributed by atoms with van der Waals surface area (Å²) in [6, 6.07) is 11.2. The van der Waals surface area contributed by atoms with Crippen LogP contribution in [0, 0.1) is 0 Å². The highest BCUT2D eigenvalue weighted by molar-refractivity contribution is 7.92. The molecule has 0 radical (unpaired) electrons. The fourth-order valence-electron chi connectivity index (χ4n) is 3.08. The highest BCUT2D eigenvalue weighted by Gasteiger charge is 2.30. The smallest absolute Gasteiger partial charge is 0.243 e. The minimum absolute atomic E-state index is 0.167. The zero-order chi connectivity index (χ0) is 22.3. The number of anilines is 1. The molecule has 2 aromatic carbocycles. The topological polar surface area (TPSA) is 75.7 Å². The van der Waals surface area contributed by atoms with E-state index in [-0.39, 0.29) is 10.7 Å². The van der Waals surface area contributed by atoms with Crippen LogP contribution in [-0.4, -0.2) is 39.8 Å². The van der Waals surface area contributed by atoms with E-state index in [1.807, 2.05) is 31.2 Å². The van der Waals surface area contributed by atoms with E-state index in [9.17, 15) is 13.2 Å². The molecule has 2 aromatic rings. The highest BCUT2D eigenvalue weighted by atomic mass is 35.5. The maximum atomic E-state index is 12.7. The van der Waals surface area contributed by atoms with Gasteiger partial charge in [0.25, 0.3) is 0 Å². The number of amides is 1. The molecule has 1 N–H and O–H groups in total. The first-order chi connectivity index (χ1) is 14.1. The lowest BCUT2D eigenvalue weighted by Crippen LogP contribution is -2.48. The second-order valence-corrected chi connectivity index (χ2v) is 9.47. The molecule has 9 heteroatoms. The number of nitrogens with zero attached hydrogens (tertiary/aromatic N) is 1. The predicted octanol–water partition coefficient (Wildman–Crippen LogP) is 4.30. The Morgan fingerprint density at radius 2 is 1.90 bits per heavy atom. The van der Waals surface area contributed by atoms with Gasteiger partial charge in [0, 0.05) is 11.6 Å². The molecule has 1 atom stereocenters. The van der Waals surface area contributed by atoms with Crippen LogP contribution in [0.1, 0.15) is 25.8 Å². The van der Waals surface area contributed by atoms with Crippen molar-refractivity contribution in [1.82, 2.24) is 5.32 Å². The molecule has 0 unspecified atom stereocenters. The van der Waals surface area contributed by atoms with Gasteiger partial charge in [0.2, 0.25) is 15.9 Å². The number of para-hydroxylation sites is 1. The van der Waals surface area contributed by atoms with E-state index in [2.05, 4.69) is 5.32 Å². The third kappa shape index (κ3) is 6.52. The Labute approximate surface area is 188 Å². The van der Waals surface area contributed by atoms with Gasteiger partial charge in [-0.15, -0.1) is 0 Å². The van der Waals surface area contributed by atoms with Crippen molar-refractivity contribution in [2.45, 2.75) is 32.7 Å². The molecule has 2 rings (SSSR count). The number of halogens is 2. The summed E-state index contributed by atoms with van der Waals surface area (Å²) < 4.78 is 31.4. The molecular weight excluding hydrogens is 447 g/mol. The Hall–Kier alpha value is -1.96. The van der Waals surface area contributed by atoms with Crippen LogP contribution in [-0.2, 0) is 21.2 Å². The van der Waals surface area contributed by atoms with Gasteiger partial charge >= 0.3 is 0 Å². The maximum absolute atomic E-state index is 12.7. The fraction of sp³-hybridized carbons (Fsp3) is 0.381. The van der Waals surface area contributed by atoms with Crippen LogP contribution < -0.4 is 14.4 Å². The molecule has 1 amide bonds. The summed E-state index contributed by atoms with van der Waals surface area (Å²) in [7, 11) is -3.77. The number of sulfonamides is 1. The Morgan fingerprint density at radius 3 is 2.57 bits per heavy atom. The normalized spacial score (nSPS) is 12.3. The molecule has 0 aromatic heterocycles. The molecule has 0 saturated heterocycles. The molecule has 0 aliphatic heterocycles. The molecule has 0 aliphatic carbocycles. The Kier molecular flexibility index (Phi) is 8.82. The molecule has 0 saturated carbocycles. The van der Waals surface area contributed by atoms with Gasteiger partial charge in [-0.3, -0.25) is 9.10 Å². The lowest BCUT2D eigenvalue weighted by molar-refractivity contribution is -0.121. The van der Waals surface area contributed by atoms with E-state index in [0.29, 0.717) is 24.6 Å². The second-order valence-electron chi connectivity index (χ2n) is 6.77. The second kappa shape index (κ2) is 10.9. The average molecular weight is 473 g/mol. The molecule has 0 fully saturated rings. The molecule has 30 heavy (non-hydrogen) atoms. The number of rotatable bonds is 10. The van der Waals surface area contributed by atoms with Crippen molar-refractivity contribution in [1.29, 1.82) is 0 Å². The molecule has 6 nitrogen and oxygen atoms in total. The molecule has 0 bridgehead atoms. The van der Waals surface area contributed by atoms with Gasteiger partial charge in [0.05, 0.1) is 23.6 Å². The van der Waals surface area contributed by atoms with Gasteiger partial charge < -0.3 is 10.1 Å². The first kappa shape index (κ1) is 24.3. The van der Waals surface area contributed by atoms with Gasteiger partial charge in [-0.25, -0.2) is 8.42 Å². The van der Waals surface area contributed by atoms with Crippen molar-refractivity contribution in [3.8, 4) is 5.75 Å². The van der Waals surface area contributed by atoms with Crippen LogP contribution in [0.2, 0.25) is 10.0 Å². The molecule has 164 valence electrons. The van der Waals surface area contributed by atoms with E-state index in [1.54, 1.807) is 6.07 Å². The van der Waals surface area contributed by atoms with E-state index < -0.39 is 22.0 Å². The summed E-state index contributed by atoms with van der Waals surface area (Å²) in [6.07, 6.45) is 2.43. The third-order valence-electron chi connectivity index (χ3n) is 4.43. The number of nitrogens with one attached hydrogen (secondary N) is 1. The minimum atomic E-state index is -3.77. The Morgan fingerprint density at radius 1 is 1.20 bits per heavy atom. The van der Waals surface area contributed by atoms with Gasteiger partial charge in [0.1, 0.15) is 11.8 Å². The monoisotopic (exact) mass is 472 g/mol. The fourth-order valence-corrected chi connectivity index (χ4v) is 4.68. The van der Waals surface area contributed by atoms with Crippen LogP contribution in [0.3, 0.4) is 0 Å². The summed E-state index contributed by atoms with van der Waals surface area (Å²) >= 11 is 12.2. The van der Waals surface area contributed by atoms with Gasteiger partial charge in [-0.1, -0.05) is 41.4 Å². The molecule has 0 aliphatic rings. The van der Waals surface area contributed by atoms with Gasteiger partial charge in [0.15, 0.2) is 0 Å². The number of hydrogen-bond donors (Lipinski definition) is 1. The summed E-state index contributed by atoms with van der Waals surface area (Å²) in [5.41, 5.74) is 1.23. The number of ether oxygens (including phenoxy) is 1. The van der Waals surface area contributed by atoms with E-state index in [4.69, 9.17) is 27.9 Å². The summed E-state index contributed by atoms with van der Waals surface area (Å²) in [5, 5.41) is 3.31. The third-order valence-corrected chi connectivity index (χ3v) is 6.21.